The number of amides is 1. The van der Waals surface area contributed by atoms with E-state index in [2.05, 4.69) is 14.9 Å². The Morgan fingerprint density at radius 1 is 1.00 bits per heavy atom. The van der Waals surface area contributed by atoms with Gasteiger partial charge in [-0.15, -0.1) is 0 Å². The monoisotopic (exact) mass is 449 g/mol. The van der Waals surface area contributed by atoms with E-state index in [0.29, 0.717) is 32.0 Å². The van der Waals surface area contributed by atoms with Crippen LogP contribution in [0.1, 0.15) is 10.4 Å². The van der Waals surface area contributed by atoms with Crippen molar-refractivity contribution in [3.63, 3.8) is 0 Å². The fourth-order valence-corrected chi connectivity index (χ4v) is 3.75. The summed E-state index contributed by atoms with van der Waals surface area (Å²) in [6.07, 6.45) is 1.72. The number of carbonyl (C=O) groups excluding carboxylic acids is 1. The first kappa shape index (κ1) is 22.0. The molecule has 170 valence electrons. The molecule has 0 atom stereocenters. The van der Waals surface area contributed by atoms with Crippen molar-refractivity contribution < 1.29 is 19.2 Å². The Labute approximate surface area is 190 Å². The van der Waals surface area contributed by atoms with Crippen LogP contribution in [0.25, 0.3) is 11.4 Å². The van der Waals surface area contributed by atoms with Gasteiger partial charge in [-0.1, -0.05) is 30.3 Å². The van der Waals surface area contributed by atoms with Crippen LogP contribution in [0.4, 0.5) is 11.5 Å². The minimum Gasteiger partial charge on any atom is -0.493 e. The van der Waals surface area contributed by atoms with Crippen LogP contribution >= 0.6 is 0 Å². The van der Waals surface area contributed by atoms with Crippen molar-refractivity contribution in [2.45, 2.75) is 0 Å². The summed E-state index contributed by atoms with van der Waals surface area (Å²) in [4.78, 5) is 36.8. The van der Waals surface area contributed by atoms with Gasteiger partial charge in [0.05, 0.1) is 25.2 Å². The Hall–Kier alpha value is -4.21. The molecule has 1 fully saturated rings. The van der Waals surface area contributed by atoms with E-state index in [4.69, 9.17) is 9.47 Å². The number of benzene rings is 2. The largest absolute Gasteiger partial charge is 0.493 e. The Morgan fingerprint density at radius 3 is 2.30 bits per heavy atom. The lowest BCUT2D eigenvalue weighted by Crippen LogP contribution is -2.49. The van der Waals surface area contributed by atoms with Crippen LogP contribution in [-0.4, -0.2) is 66.1 Å². The molecule has 1 aromatic heterocycles. The molecule has 4 rings (SSSR count). The molecule has 10 nitrogen and oxygen atoms in total. The van der Waals surface area contributed by atoms with Crippen molar-refractivity contribution in [1.29, 1.82) is 0 Å². The number of nitrogens with zero attached hydrogens (tertiary/aromatic N) is 5. The minimum absolute atomic E-state index is 0.0282. The van der Waals surface area contributed by atoms with E-state index in [0.717, 1.165) is 11.4 Å². The molecule has 1 amide bonds. The highest BCUT2D eigenvalue weighted by atomic mass is 16.6. The summed E-state index contributed by atoms with van der Waals surface area (Å²) in [5.74, 6) is 1.44. The highest BCUT2D eigenvalue weighted by Gasteiger charge is 2.30. The number of nitro groups is 1. The Balaban J connectivity index is 1.51. The fourth-order valence-electron chi connectivity index (χ4n) is 3.75. The molecule has 10 heteroatoms. The number of hydrogen-bond acceptors (Lipinski definition) is 8. The van der Waals surface area contributed by atoms with E-state index >= 15 is 0 Å². The highest BCUT2D eigenvalue weighted by molar-refractivity contribution is 5.99. The smallest absolute Gasteiger partial charge is 0.286 e. The molecule has 0 radical (unpaired) electrons. The average molecular weight is 449 g/mol. The number of carbonyl (C=O) groups is 1. The van der Waals surface area contributed by atoms with Gasteiger partial charge in [0.1, 0.15) is 11.4 Å². The summed E-state index contributed by atoms with van der Waals surface area (Å²) in [5.41, 5.74) is 0.580. The third kappa shape index (κ3) is 4.54. The maximum absolute atomic E-state index is 13.2. The zero-order valence-corrected chi connectivity index (χ0v) is 18.3. The fraction of sp³-hybridized carbons (Fsp3) is 0.261. The number of rotatable bonds is 6. The van der Waals surface area contributed by atoms with Crippen molar-refractivity contribution in [1.82, 2.24) is 14.9 Å². The molecule has 1 saturated heterocycles. The zero-order valence-electron chi connectivity index (χ0n) is 18.3. The second-order valence-corrected chi connectivity index (χ2v) is 7.37. The quantitative estimate of drug-likeness (QED) is 0.417. The average Bonchev–Trinajstić information content (AvgIpc) is 2.88. The molecule has 0 aliphatic carbocycles. The van der Waals surface area contributed by atoms with Gasteiger partial charge in [0.15, 0.2) is 17.3 Å². The van der Waals surface area contributed by atoms with E-state index in [1.807, 2.05) is 36.4 Å². The number of aromatic nitrogens is 2. The van der Waals surface area contributed by atoms with Crippen molar-refractivity contribution in [3.8, 4) is 22.9 Å². The highest BCUT2D eigenvalue weighted by Crippen LogP contribution is 2.35. The van der Waals surface area contributed by atoms with Crippen molar-refractivity contribution in [2.75, 3.05) is 45.3 Å². The van der Waals surface area contributed by atoms with Crippen LogP contribution in [0, 0.1) is 10.1 Å². The van der Waals surface area contributed by atoms with Gasteiger partial charge in [0.2, 0.25) is 0 Å². The lowest BCUT2D eigenvalue weighted by molar-refractivity contribution is -0.385. The standard InChI is InChI=1S/C23H23N5O5/c1-32-19-14-17(18(28(30)31)15-20(19)33-2)23(29)27-12-10-26(11-13-27)21-8-9-24-22(25-21)16-6-4-3-5-7-16/h3-9,14-15H,10-13H2,1-2H3. The number of hydrogen-bond donors (Lipinski definition) is 0. The van der Waals surface area contributed by atoms with Gasteiger partial charge in [-0.05, 0) is 6.07 Å². The number of nitro benzene ring substituents is 1. The summed E-state index contributed by atoms with van der Waals surface area (Å²) in [6, 6.07) is 14.1. The molecule has 0 bridgehead atoms. The molecule has 0 N–H and O–H groups in total. The molecule has 0 saturated carbocycles. The number of ether oxygens (including phenoxy) is 2. The molecule has 33 heavy (non-hydrogen) atoms. The third-order valence-electron chi connectivity index (χ3n) is 5.49. The van der Waals surface area contributed by atoms with E-state index in [1.165, 1.54) is 26.4 Å². The van der Waals surface area contributed by atoms with E-state index < -0.39 is 10.8 Å². The molecule has 3 aromatic rings. The molecule has 0 unspecified atom stereocenters. The van der Waals surface area contributed by atoms with E-state index in [1.54, 1.807) is 11.1 Å². The normalized spacial score (nSPS) is 13.5. The van der Waals surface area contributed by atoms with Gasteiger partial charge < -0.3 is 19.3 Å². The predicted molar refractivity (Wildman–Crippen MR) is 122 cm³/mol. The molecular formula is C23H23N5O5. The van der Waals surface area contributed by atoms with Crippen molar-refractivity contribution in [2.24, 2.45) is 0 Å². The Kier molecular flexibility index (Phi) is 6.34. The topological polar surface area (TPSA) is 111 Å². The van der Waals surface area contributed by atoms with Gasteiger partial charge in [-0.2, -0.15) is 0 Å². The number of anilines is 1. The van der Waals surface area contributed by atoms with Gasteiger partial charge >= 0.3 is 0 Å². The summed E-state index contributed by atoms with van der Waals surface area (Å²) in [6.45, 7) is 1.88. The van der Waals surface area contributed by atoms with Crippen molar-refractivity contribution in [3.05, 3.63) is 70.4 Å². The second kappa shape index (κ2) is 9.51. The first-order valence-corrected chi connectivity index (χ1v) is 10.3. The second-order valence-electron chi connectivity index (χ2n) is 7.37. The Morgan fingerprint density at radius 2 is 1.67 bits per heavy atom. The first-order valence-electron chi connectivity index (χ1n) is 10.3. The molecular weight excluding hydrogens is 426 g/mol. The van der Waals surface area contributed by atoms with Gasteiger partial charge in [0, 0.05) is 44.0 Å². The van der Waals surface area contributed by atoms with Crippen LogP contribution in [0.15, 0.2) is 54.7 Å². The molecule has 2 aromatic carbocycles. The first-order chi connectivity index (χ1) is 16.0. The van der Waals surface area contributed by atoms with E-state index in [9.17, 15) is 14.9 Å². The predicted octanol–water partition coefficient (Wildman–Crippen LogP) is 3.03. The minimum atomic E-state index is -0.586. The van der Waals surface area contributed by atoms with Crippen LogP contribution < -0.4 is 14.4 Å². The zero-order chi connectivity index (χ0) is 23.4. The molecule has 1 aliphatic heterocycles. The van der Waals surface area contributed by atoms with Gasteiger partial charge in [0.25, 0.3) is 11.6 Å². The van der Waals surface area contributed by atoms with Gasteiger partial charge in [-0.3, -0.25) is 14.9 Å². The molecule has 0 spiro atoms. The summed E-state index contributed by atoms with van der Waals surface area (Å²) < 4.78 is 10.4. The SMILES string of the molecule is COc1cc(C(=O)N2CCN(c3ccnc(-c4ccccc4)n3)CC2)c([N+](=O)[O-])cc1OC. The lowest BCUT2D eigenvalue weighted by atomic mass is 10.1. The maximum Gasteiger partial charge on any atom is 0.286 e. The van der Waals surface area contributed by atoms with Crippen LogP contribution in [0.5, 0.6) is 11.5 Å². The van der Waals surface area contributed by atoms with Crippen LogP contribution in [0.3, 0.4) is 0 Å². The van der Waals surface area contributed by atoms with Crippen molar-refractivity contribution >= 4 is 17.4 Å². The van der Waals surface area contributed by atoms with Crippen LogP contribution in [-0.2, 0) is 0 Å². The molecule has 2 heterocycles. The lowest BCUT2D eigenvalue weighted by Gasteiger charge is -2.35. The third-order valence-corrected chi connectivity index (χ3v) is 5.49. The number of methoxy groups -OCH3 is 2. The van der Waals surface area contributed by atoms with Gasteiger partial charge in [-0.25, -0.2) is 9.97 Å². The Bertz CT molecular complexity index is 1160. The maximum atomic E-state index is 13.2. The van der Waals surface area contributed by atoms with E-state index in [-0.39, 0.29) is 22.7 Å². The summed E-state index contributed by atoms with van der Waals surface area (Å²) in [5, 5.41) is 11.6. The molecule has 1 aliphatic rings. The summed E-state index contributed by atoms with van der Waals surface area (Å²) in [7, 11) is 2.81. The number of piperazine rings is 1. The summed E-state index contributed by atoms with van der Waals surface area (Å²) >= 11 is 0. The van der Waals surface area contributed by atoms with Crippen LogP contribution in [0.2, 0.25) is 0 Å².